The van der Waals surface area contributed by atoms with Gasteiger partial charge < -0.3 is 0 Å². The van der Waals surface area contributed by atoms with Crippen LogP contribution in [0.3, 0.4) is 0 Å². The molecule has 14 heavy (non-hydrogen) atoms. The van der Waals surface area contributed by atoms with Gasteiger partial charge in [0.05, 0.1) is 0 Å². The van der Waals surface area contributed by atoms with Crippen LogP contribution >= 0.6 is 0 Å². The van der Waals surface area contributed by atoms with Crippen LogP contribution in [0.4, 0.5) is 0 Å². The number of hydrogen-bond donors (Lipinski definition) is 0. The van der Waals surface area contributed by atoms with Crippen molar-refractivity contribution in [2.75, 3.05) is 13.1 Å². The van der Waals surface area contributed by atoms with Crippen LogP contribution < -0.4 is 0 Å². The van der Waals surface area contributed by atoms with Gasteiger partial charge in [0.15, 0.2) is 0 Å². The van der Waals surface area contributed by atoms with Gasteiger partial charge in [-0.05, 0) is 37.9 Å². The van der Waals surface area contributed by atoms with Gasteiger partial charge in [0.1, 0.15) is 6.33 Å². The van der Waals surface area contributed by atoms with Gasteiger partial charge in [-0.25, -0.2) is 9.97 Å². The summed E-state index contributed by atoms with van der Waals surface area (Å²) in [6.07, 6.45) is 9.61. The number of fused-ring (bicyclic) bond motifs is 1. The van der Waals surface area contributed by atoms with Crippen LogP contribution in [0.15, 0.2) is 18.7 Å². The Balaban J connectivity index is 1.86. The number of nitrogens with zero attached hydrogens (tertiary/aromatic N) is 3. The van der Waals surface area contributed by atoms with Gasteiger partial charge in [-0.2, -0.15) is 0 Å². The van der Waals surface area contributed by atoms with Crippen LogP contribution in [-0.2, 0) is 0 Å². The fourth-order valence-electron chi connectivity index (χ4n) is 2.97. The molecule has 0 bridgehead atoms. The molecule has 2 aliphatic rings. The summed E-state index contributed by atoms with van der Waals surface area (Å²) in [6.45, 7) is 2.57. The molecular formula is C11H15N3. The lowest BCUT2D eigenvalue weighted by Gasteiger charge is -2.19. The maximum absolute atomic E-state index is 4.11. The summed E-state index contributed by atoms with van der Waals surface area (Å²) < 4.78 is 0. The molecule has 0 aliphatic carbocycles. The number of hydrogen-bond acceptors (Lipinski definition) is 3. The molecule has 3 rings (SSSR count). The Morgan fingerprint density at radius 2 is 2.00 bits per heavy atom. The van der Waals surface area contributed by atoms with Crippen molar-refractivity contribution in [2.24, 2.45) is 0 Å². The van der Waals surface area contributed by atoms with E-state index in [9.17, 15) is 0 Å². The highest BCUT2D eigenvalue weighted by Crippen LogP contribution is 2.38. The van der Waals surface area contributed by atoms with Crippen molar-refractivity contribution in [3.63, 3.8) is 0 Å². The molecule has 3 heterocycles. The molecule has 2 atom stereocenters. The third-order valence-corrected chi connectivity index (χ3v) is 3.61. The Kier molecular flexibility index (Phi) is 1.98. The largest absolute Gasteiger partial charge is 0.300 e. The van der Waals surface area contributed by atoms with Crippen molar-refractivity contribution in [3.05, 3.63) is 24.3 Å². The van der Waals surface area contributed by atoms with E-state index < -0.39 is 0 Å². The maximum atomic E-state index is 4.11. The van der Waals surface area contributed by atoms with E-state index in [-0.39, 0.29) is 0 Å². The minimum absolute atomic E-state index is 0.693. The average Bonchev–Trinajstić information content (AvgIpc) is 2.79. The van der Waals surface area contributed by atoms with Crippen molar-refractivity contribution in [1.82, 2.24) is 14.9 Å². The topological polar surface area (TPSA) is 29.0 Å². The predicted molar refractivity (Wildman–Crippen MR) is 54.0 cm³/mol. The SMILES string of the molecule is c1ncc(C2CCN3CCCC23)cn1. The van der Waals surface area contributed by atoms with Crippen molar-refractivity contribution in [2.45, 2.75) is 31.2 Å². The van der Waals surface area contributed by atoms with E-state index in [4.69, 9.17) is 0 Å². The van der Waals surface area contributed by atoms with E-state index in [1.165, 1.54) is 37.9 Å². The van der Waals surface area contributed by atoms with E-state index in [1.807, 2.05) is 12.4 Å². The third-order valence-electron chi connectivity index (χ3n) is 3.61. The Labute approximate surface area is 84.2 Å². The van der Waals surface area contributed by atoms with Gasteiger partial charge in [0.2, 0.25) is 0 Å². The molecule has 0 saturated carbocycles. The molecule has 2 unspecified atom stereocenters. The van der Waals surface area contributed by atoms with Crippen LogP contribution in [0.25, 0.3) is 0 Å². The fourth-order valence-corrected chi connectivity index (χ4v) is 2.97. The van der Waals surface area contributed by atoms with Gasteiger partial charge in [0, 0.05) is 24.4 Å². The molecule has 0 N–H and O–H groups in total. The third kappa shape index (κ3) is 1.23. The maximum Gasteiger partial charge on any atom is 0.115 e. The zero-order valence-corrected chi connectivity index (χ0v) is 8.26. The summed E-state index contributed by atoms with van der Waals surface area (Å²) in [5, 5.41) is 0. The lowest BCUT2D eigenvalue weighted by Crippen LogP contribution is -2.25. The van der Waals surface area contributed by atoms with Crippen molar-refractivity contribution in [3.8, 4) is 0 Å². The minimum atomic E-state index is 0.693. The van der Waals surface area contributed by atoms with Crippen LogP contribution in [0, 0.1) is 0 Å². The Morgan fingerprint density at radius 1 is 1.14 bits per heavy atom. The van der Waals surface area contributed by atoms with Crippen LogP contribution in [0.5, 0.6) is 0 Å². The second-order valence-electron chi connectivity index (χ2n) is 4.31. The first-order valence-electron chi connectivity index (χ1n) is 5.44. The van der Waals surface area contributed by atoms with E-state index in [0.29, 0.717) is 5.92 Å². The molecule has 3 heteroatoms. The van der Waals surface area contributed by atoms with Gasteiger partial charge >= 0.3 is 0 Å². The normalized spacial score (nSPS) is 32.0. The summed E-state index contributed by atoms with van der Waals surface area (Å²) in [5.41, 5.74) is 1.34. The second kappa shape index (κ2) is 3.31. The second-order valence-corrected chi connectivity index (χ2v) is 4.31. The molecule has 74 valence electrons. The molecule has 0 spiro atoms. The first-order valence-corrected chi connectivity index (χ1v) is 5.44. The summed E-state index contributed by atoms with van der Waals surface area (Å²) in [5.74, 6) is 0.693. The van der Waals surface area contributed by atoms with Gasteiger partial charge in [0.25, 0.3) is 0 Å². The van der Waals surface area contributed by atoms with Crippen molar-refractivity contribution in [1.29, 1.82) is 0 Å². The Hall–Kier alpha value is -0.960. The molecule has 2 saturated heterocycles. The first-order chi connectivity index (χ1) is 6.95. The molecule has 0 radical (unpaired) electrons. The molecule has 1 aromatic heterocycles. The summed E-state index contributed by atoms with van der Waals surface area (Å²) >= 11 is 0. The van der Waals surface area contributed by atoms with Crippen LogP contribution in [0.2, 0.25) is 0 Å². The lowest BCUT2D eigenvalue weighted by molar-refractivity contribution is 0.313. The average molecular weight is 189 g/mol. The van der Waals surface area contributed by atoms with E-state index in [2.05, 4.69) is 14.9 Å². The molecular weight excluding hydrogens is 174 g/mol. The Morgan fingerprint density at radius 3 is 2.86 bits per heavy atom. The predicted octanol–water partition coefficient (Wildman–Crippen LogP) is 1.43. The van der Waals surface area contributed by atoms with E-state index in [0.717, 1.165) is 6.04 Å². The lowest BCUT2D eigenvalue weighted by atomic mass is 9.92. The highest BCUT2D eigenvalue weighted by atomic mass is 15.2. The molecule has 0 aromatic carbocycles. The minimum Gasteiger partial charge on any atom is -0.300 e. The smallest absolute Gasteiger partial charge is 0.115 e. The first kappa shape index (κ1) is 8.36. The summed E-state index contributed by atoms with van der Waals surface area (Å²) in [6, 6.07) is 0.779. The summed E-state index contributed by atoms with van der Waals surface area (Å²) in [4.78, 5) is 10.9. The molecule has 3 nitrogen and oxygen atoms in total. The fraction of sp³-hybridized carbons (Fsp3) is 0.636. The van der Waals surface area contributed by atoms with Crippen molar-refractivity contribution >= 4 is 0 Å². The van der Waals surface area contributed by atoms with Gasteiger partial charge in [-0.15, -0.1) is 0 Å². The quantitative estimate of drug-likeness (QED) is 0.669. The van der Waals surface area contributed by atoms with Crippen molar-refractivity contribution < 1.29 is 0 Å². The zero-order chi connectivity index (χ0) is 9.38. The van der Waals surface area contributed by atoms with Gasteiger partial charge in [-0.1, -0.05) is 0 Å². The monoisotopic (exact) mass is 189 g/mol. The molecule has 2 fully saturated rings. The van der Waals surface area contributed by atoms with Gasteiger partial charge in [-0.3, -0.25) is 4.90 Å². The standard InChI is InChI=1S/C11H15N3/c1-2-11-10(3-5-14(11)4-1)9-6-12-8-13-7-9/h6-8,10-11H,1-5H2. The molecule has 0 amide bonds. The van der Waals surface area contributed by atoms with Crippen LogP contribution in [-0.4, -0.2) is 34.0 Å². The molecule has 1 aromatic rings. The molecule has 2 aliphatic heterocycles. The van der Waals surface area contributed by atoms with Crippen LogP contribution in [0.1, 0.15) is 30.7 Å². The van der Waals surface area contributed by atoms with E-state index in [1.54, 1.807) is 6.33 Å². The number of rotatable bonds is 1. The summed E-state index contributed by atoms with van der Waals surface area (Å²) in [7, 11) is 0. The zero-order valence-electron chi connectivity index (χ0n) is 8.26. The Bertz CT molecular complexity index is 312. The number of aromatic nitrogens is 2. The highest BCUT2D eigenvalue weighted by Gasteiger charge is 2.37. The highest BCUT2D eigenvalue weighted by molar-refractivity contribution is 5.16. The van der Waals surface area contributed by atoms with E-state index >= 15 is 0 Å².